The Labute approximate surface area is 77.3 Å². The molecule has 0 aliphatic carbocycles. The van der Waals surface area contributed by atoms with Crippen molar-refractivity contribution in [1.29, 1.82) is 1.45 Å². The summed E-state index contributed by atoms with van der Waals surface area (Å²) in [6.07, 6.45) is 9.46. The molecule has 1 aliphatic heterocycles. The van der Waals surface area contributed by atoms with Crippen LogP contribution in [0.1, 0.15) is 12.8 Å². The molecule has 0 amide bonds. The van der Waals surface area contributed by atoms with Crippen LogP contribution in [0.5, 0.6) is 0 Å². The molecular weight excluding hydrogens is 173 g/mol. The molecule has 0 bridgehead atoms. The molecule has 1 heterocycles. The van der Waals surface area contributed by atoms with E-state index in [1.54, 1.807) is 0 Å². The fourth-order valence-electron chi connectivity index (χ4n) is 1.59. The van der Waals surface area contributed by atoms with E-state index in [0.717, 1.165) is 0 Å². The second-order valence-corrected chi connectivity index (χ2v) is 7.74. The summed E-state index contributed by atoms with van der Waals surface area (Å²) in [5.74, 6) is 0. The Morgan fingerprint density at radius 2 is 2.00 bits per heavy atom. The Balaban J connectivity index is 0. The van der Waals surface area contributed by atoms with Gasteiger partial charge >= 0.3 is 12.4 Å². The van der Waals surface area contributed by atoms with Crippen LogP contribution in [0, 0.1) is 0 Å². The number of hydrogen-bond donors (Lipinski definition) is 0. The molecule has 0 saturated carbocycles. The first-order valence-corrected chi connectivity index (χ1v) is 6.74. The minimum atomic E-state index is -0.438. The molecular formula is C8H17BFOP+. The number of rotatable bonds is 2. The van der Waals surface area contributed by atoms with E-state index in [0.29, 0.717) is 0 Å². The Kier molecular flexibility index (Phi) is 7.58. The van der Waals surface area contributed by atoms with Gasteiger partial charge in [0.15, 0.2) is 0 Å². The molecule has 0 spiro atoms. The summed E-state index contributed by atoms with van der Waals surface area (Å²) in [4.78, 5) is 0. The van der Waals surface area contributed by atoms with Crippen LogP contribution in [0.3, 0.4) is 0 Å². The van der Waals surface area contributed by atoms with E-state index < -0.39 is 7.26 Å². The van der Waals surface area contributed by atoms with E-state index in [2.05, 4.69) is 28.5 Å². The molecule has 0 aromatic carbocycles. The minimum absolute atomic E-state index is 0.438. The molecule has 4 heteroatoms. The summed E-state index contributed by atoms with van der Waals surface area (Å²) < 4.78 is 20.8. The van der Waals surface area contributed by atoms with Gasteiger partial charge in [0.1, 0.15) is 0 Å². The molecule has 0 N–H and O–H groups in total. The molecule has 0 aromatic rings. The van der Waals surface area contributed by atoms with Crippen molar-refractivity contribution in [3.63, 3.8) is 0 Å². The maximum atomic E-state index is 8.75. The number of allylic oxidation sites excluding steroid dienone is 1. The van der Waals surface area contributed by atoms with Gasteiger partial charge in [-0.3, -0.25) is 4.72 Å². The molecule has 1 fully saturated rings. The van der Waals surface area contributed by atoms with E-state index in [9.17, 15) is 0 Å². The van der Waals surface area contributed by atoms with E-state index in [1.165, 1.54) is 31.3 Å². The van der Waals surface area contributed by atoms with Crippen LogP contribution >= 0.6 is 7.26 Å². The van der Waals surface area contributed by atoms with Crippen molar-refractivity contribution in [3.05, 3.63) is 12.7 Å². The first-order chi connectivity index (χ1) is 6.27. The summed E-state index contributed by atoms with van der Waals surface area (Å²) in [6, 6.07) is 0. The standard InChI is InChI=1S/C8H16P.BO.FH/c1-3-6-9(2)7-4-5-8-9;1-2;/h3H,1,4-8H2,2H3;;1H/q+1;;/i/hD. The van der Waals surface area contributed by atoms with Gasteiger partial charge < -0.3 is 0 Å². The van der Waals surface area contributed by atoms with Crippen LogP contribution in [0.15, 0.2) is 12.7 Å². The zero-order valence-corrected chi connectivity index (χ0v) is 8.53. The van der Waals surface area contributed by atoms with Crippen LogP contribution in [0.25, 0.3) is 0 Å². The number of hydrogen-bond acceptors (Lipinski definition) is 1. The predicted octanol–water partition coefficient (Wildman–Crippen LogP) is 2.27. The van der Waals surface area contributed by atoms with E-state index in [1.807, 2.05) is 0 Å². The topological polar surface area (TPSA) is 17.1 Å². The van der Waals surface area contributed by atoms with Gasteiger partial charge in [-0.1, -0.05) is 12.7 Å². The van der Waals surface area contributed by atoms with E-state index in [-0.39, 0.29) is 0 Å². The van der Waals surface area contributed by atoms with Crippen molar-refractivity contribution in [3.8, 4) is 0 Å². The molecule has 1 nitrogen and oxygen atoms in total. The van der Waals surface area contributed by atoms with Gasteiger partial charge in [-0.25, -0.2) is 0 Å². The molecule has 1 rings (SSSR count). The Hall–Kier alpha value is -0.0351. The van der Waals surface area contributed by atoms with E-state index in [4.69, 9.17) is 9.42 Å². The van der Waals surface area contributed by atoms with Crippen molar-refractivity contribution >= 4 is 15.0 Å². The molecule has 0 atom stereocenters. The zero-order chi connectivity index (χ0) is 10.7. The van der Waals surface area contributed by atoms with Gasteiger partial charge in [0.2, 0.25) is 0 Å². The van der Waals surface area contributed by atoms with Gasteiger partial charge in [-0.05, 0) is 12.8 Å². The first kappa shape index (κ1) is 12.0. The second-order valence-electron chi connectivity index (χ2n) is 3.25. The van der Waals surface area contributed by atoms with Crippen LogP contribution < -0.4 is 0 Å². The van der Waals surface area contributed by atoms with Crippen molar-refractivity contribution in [2.24, 2.45) is 0 Å². The van der Waals surface area contributed by atoms with Crippen molar-refractivity contribution in [2.75, 3.05) is 25.2 Å². The molecule has 12 heavy (non-hydrogen) atoms. The summed E-state index contributed by atoms with van der Waals surface area (Å²) in [5, 5.41) is 0. The van der Waals surface area contributed by atoms with Crippen LogP contribution in [0.4, 0.5) is 4.72 Å². The molecule has 0 aromatic heterocycles. The average molecular weight is 191 g/mol. The Morgan fingerprint density at radius 1 is 1.58 bits per heavy atom. The summed E-state index contributed by atoms with van der Waals surface area (Å²) in [7, 11) is 2.81. The Bertz CT molecular complexity index is 131. The maximum absolute atomic E-state index is 8.75. The van der Waals surface area contributed by atoms with Gasteiger partial charge in [0.25, 0.3) is 1.45 Å². The third kappa shape index (κ3) is 4.76. The third-order valence-corrected chi connectivity index (χ3v) is 6.15. The summed E-state index contributed by atoms with van der Waals surface area (Å²) in [6.45, 7) is 6.28. The molecule has 69 valence electrons. The quantitative estimate of drug-likeness (QED) is 0.371. The van der Waals surface area contributed by atoms with Gasteiger partial charge in [-0.15, -0.1) is 0 Å². The normalized spacial score (nSPS) is 18.9. The van der Waals surface area contributed by atoms with Gasteiger partial charge in [-0.2, -0.15) is 0 Å². The van der Waals surface area contributed by atoms with Gasteiger partial charge in [0.05, 0.1) is 18.5 Å². The van der Waals surface area contributed by atoms with Crippen LogP contribution in [-0.4, -0.2) is 34.3 Å². The molecule has 0 unspecified atom stereocenters. The SMILES string of the molecule is C=CC[P+]1(C)CCCC1.[2H]F.[B]=O. The third-order valence-electron chi connectivity index (χ3n) is 2.22. The predicted molar refractivity (Wildman–Crippen MR) is 55.8 cm³/mol. The summed E-state index contributed by atoms with van der Waals surface area (Å²) >= 11 is 0. The fraction of sp³-hybridized carbons (Fsp3) is 0.750. The summed E-state index contributed by atoms with van der Waals surface area (Å²) in [5.41, 5.74) is 0. The van der Waals surface area contributed by atoms with Crippen LogP contribution in [-0.2, 0) is 4.70 Å². The van der Waals surface area contributed by atoms with Crippen molar-refractivity contribution in [1.82, 2.24) is 0 Å². The molecule has 1 saturated heterocycles. The second kappa shape index (κ2) is 7.61. The van der Waals surface area contributed by atoms with Crippen molar-refractivity contribution < 1.29 is 9.42 Å². The zero-order valence-electron chi connectivity index (χ0n) is 8.63. The Morgan fingerprint density at radius 3 is 2.33 bits per heavy atom. The average Bonchev–Trinajstić information content (AvgIpc) is 2.60. The first-order valence-electron chi connectivity index (χ1n) is 4.33. The fourth-order valence-corrected chi connectivity index (χ4v) is 4.78. The van der Waals surface area contributed by atoms with E-state index >= 15 is 0 Å². The van der Waals surface area contributed by atoms with Gasteiger partial charge in [0, 0.05) is 13.9 Å². The monoisotopic (exact) mass is 191 g/mol. The molecule has 1 aliphatic rings. The molecule has 1 radical (unpaired) electrons. The van der Waals surface area contributed by atoms with Crippen molar-refractivity contribution in [2.45, 2.75) is 12.8 Å². The van der Waals surface area contributed by atoms with Crippen LogP contribution in [0.2, 0.25) is 0 Å². The number of halogens is 1.